The third kappa shape index (κ3) is 1.74. The molecule has 0 unspecified atom stereocenters. The van der Waals surface area contributed by atoms with Crippen LogP contribution in [0.15, 0.2) is 23.7 Å². The number of aromatic amines is 1. The van der Waals surface area contributed by atoms with Crippen molar-refractivity contribution in [2.45, 2.75) is 20.3 Å². The van der Waals surface area contributed by atoms with Crippen molar-refractivity contribution in [3.63, 3.8) is 0 Å². The van der Waals surface area contributed by atoms with Crippen molar-refractivity contribution in [3.05, 3.63) is 34.8 Å². The van der Waals surface area contributed by atoms with E-state index in [0.717, 1.165) is 29.0 Å². The molecular formula is C13H13N3S. The Morgan fingerprint density at radius 2 is 2.29 bits per heavy atom. The van der Waals surface area contributed by atoms with Crippen molar-refractivity contribution in [3.8, 4) is 10.7 Å². The summed E-state index contributed by atoms with van der Waals surface area (Å²) >= 11 is 1.73. The standard InChI is InChI=1S/C13H13N3S/c1-3-9-4-5-17-11(9)13-15-10-6-8(2)7-14-12(10)16-13/h4-7H,3H2,1-2H3,(H,14,15,16). The zero-order valence-corrected chi connectivity index (χ0v) is 10.6. The average molecular weight is 243 g/mol. The SMILES string of the molecule is CCc1ccsc1-c1nc2ncc(C)cc2[nH]1. The molecule has 0 spiro atoms. The monoisotopic (exact) mass is 243 g/mol. The summed E-state index contributed by atoms with van der Waals surface area (Å²) in [5.41, 5.74) is 4.29. The minimum atomic E-state index is 0.793. The molecule has 0 aliphatic heterocycles. The van der Waals surface area contributed by atoms with E-state index in [1.165, 1.54) is 10.4 Å². The fourth-order valence-corrected chi connectivity index (χ4v) is 2.87. The molecule has 3 rings (SSSR count). The molecule has 0 saturated carbocycles. The van der Waals surface area contributed by atoms with Crippen LogP contribution in [0.3, 0.4) is 0 Å². The van der Waals surface area contributed by atoms with Crippen LogP contribution in [0.1, 0.15) is 18.1 Å². The number of hydrogen-bond acceptors (Lipinski definition) is 3. The lowest BCUT2D eigenvalue weighted by molar-refractivity contribution is 1.15. The second-order valence-corrected chi connectivity index (χ2v) is 5.01. The van der Waals surface area contributed by atoms with Gasteiger partial charge in [0.15, 0.2) is 11.5 Å². The van der Waals surface area contributed by atoms with Gasteiger partial charge in [-0.15, -0.1) is 11.3 Å². The van der Waals surface area contributed by atoms with Crippen LogP contribution < -0.4 is 0 Å². The summed E-state index contributed by atoms with van der Waals surface area (Å²) in [4.78, 5) is 13.5. The molecule has 0 radical (unpaired) electrons. The van der Waals surface area contributed by atoms with Crippen molar-refractivity contribution in [1.29, 1.82) is 0 Å². The molecule has 0 fully saturated rings. The third-order valence-electron chi connectivity index (χ3n) is 2.82. The Labute approximate surface area is 104 Å². The molecule has 86 valence electrons. The van der Waals surface area contributed by atoms with E-state index in [9.17, 15) is 0 Å². The fraction of sp³-hybridized carbons (Fsp3) is 0.231. The number of nitrogens with zero attached hydrogens (tertiary/aromatic N) is 2. The fourth-order valence-electron chi connectivity index (χ4n) is 1.93. The number of hydrogen-bond donors (Lipinski definition) is 1. The summed E-state index contributed by atoms with van der Waals surface area (Å²) in [6.07, 6.45) is 2.88. The van der Waals surface area contributed by atoms with Crippen LogP contribution in [0.5, 0.6) is 0 Å². The van der Waals surface area contributed by atoms with E-state index < -0.39 is 0 Å². The smallest absolute Gasteiger partial charge is 0.178 e. The van der Waals surface area contributed by atoms with E-state index in [-0.39, 0.29) is 0 Å². The molecular weight excluding hydrogens is 230 g/mol. The summed E-state index contributed by atoms with van der Waals surface area (Å²) in [5, 5.41) is 2.11. The van der Waals surface area contributed by atoms with Crippen molar-refractivity contribution in [2.75, 3.05) is 0 Å². The van der Waals surface area contributed by atoms with E-state index in [1.807, 2.05) is 13.1 Å². The minimum Gasteiger partial charge on any atom is -0.336 e. The van der Waals surface area contributed by atoms with Crippen LogP contribution in [0.4, 0.5) is 0 Å². The van der Waals surface area contributed by atoms with E-state index in [4.69, 9.17) is 0 Å². The molecule has 17 heavy (non-hydrogen) atoms. The summed E-state index contributed by atoms with van der Waals surface area (Å²) in [6, 6.07) is 4.24. The van der Waals surface area contributed by atoms with Gasteiger partial charge in [-0.1, -0.05) is 6.92 Å². The Morgan fingerprint density at radius 3 is 3.12 bits per heavy atom. The first-order valence-corrected chi connectivity index (χ1v) is 6.55. The van der Waals surface area contributed by atoms with Crippen LogP contribution in [0.25, 0.3) is 21.9 Å². The number of aryl methyl sites for hydroxylation is 2. The van der Waals surface area contributed by atoms with Gasteiger partial charge in [0.25, 0.3) is 0 Å². The number of rotatable bonds is 2. The minimum absolute atomic E-state index is 0.793. The molecule has 0 saturated heterocycles. The number of nitrogens with one attached hydrogen (secondary N) is 1. The van der Waals surface area contributed by atoms with E-state index >= 15 is 0 Å². The van der Waals surface area contributed by atoms with E-state index in [2.05, 4.69) is 39.4 Å². The number of fused-ring (bicyclic) bond motifs is 1. The first-order valence-electron chi connectivity index (χ1n) is 5.67. The number of thiophene rings is 1. The Morgan fingerprint density at radius 1 is 1.41 bits per heavy atom. The van der Waals surface area contributed by atoms with Gasteiger partial charge in [0, 0.05) is 6.20 Å². The van der Waals surface area contributed by atoms with Crippen LogP contribution in [0, 0.1) is 6.92 Å². The second kappa shape index (κ2) is 3.96. The highest BCUT2D eigenvalue weighted by Gasteiger charge is 2.10. The molecule has 1 N–H and O–H groups in total. The summed E-state index contributed by atoms with van der Waals surface area (Å²) < 4.78 is 0. The highest BCUT2D eigenvalue weighted by Crippen LogP contribution is 2.29. The highest BCUT2D eigenvalue weighted by atomic mass is 32.1. The number of aromatic nitrogens is 3. The van der Waals surface area contributed by atoms with Crippen LogP contribution >= 0.6 is 11.3 Å². The molecule has 3 heterocycles. The predicted molar refractivity (Wildman–Crippen MR) is 71.3 cm³/mol. The van der Waals surface area contributed by atoms with Crippen LogP contribution in [0.2, 0.25) is 0 Å². The average Bonchev–Trinajstić information content (AvgIpc) is 2.93. The zero-order chi connectivity index (χ0) is 11.8. The molecule has 0 amide bonds. The number of imidazole rings is 1. The van der Waals surface area contributed by atoms with E-state index in [1.54, 1.807) is 11.3 Å². The van der Waals surface area contributed by atoms with Gasteiger partial charge >= 0.3 is 0 Å². The normalized spacial score (nSPS) is 11.2. The first-order chi connectivity index (χ1) is 8.28. The van der Waals surface area contributed by atoms with Crippen molar-refractivity contribution >= 4 is 22.5 Å². The lowest BCUT2D eigenvalue weighted by atomic mass is 10.2. The van der Waals surface area contributed by atoms with Gasteiger partial charge < -0.3 is 4.98 Å². The first kappa shape index (κ1) is 10.5. The van der Waals surface area contributed by atoms with Gasteiger partial charge in [-0.25, -0.2) is 9.97 Å². The third-order valence-corrected chi connectivity index (χ3v) is 3.78. The van der Waals surface area contributed by atoms with E-state index in [0.29, 0.717) is 0 Å². The Kier molecular flexibility index (Phi) is 2.44. The van der Waals surface area contributed by atoms with Crippen molar-refractivity contribution in [2.24, 2.45) is 0 Å². The Bertz CT molecular complexity index is 666. The molecule has 0 bridgehead atoms. The van der Waals surface area contributed by atoms with Gasteiger partial charge in [-0.05, 0) is 42.0 Å². The lowest BCUT2D eigenvalue weighted by Gasteiger charge is -1.95. The predicted octanol–water partition coefficient (Wildman–Crippen LogP) is 3.56. The number of pyridine rings is 1. The Balaban J connectivity index is 2.18. The van der Waals surface area contributed by atoms with Crippen LogP contribution in [-0.2, 0) is 6.42 Å². The largest absolute Gasteiger partial charge is 0.336 e. The molecule has 0 aliphatic rings. The Hall–Kier alpha value is -1.68. The maximum atomic E-state index is 4.55. The molecule has 4 heteroatoms. The van der Waals surface area contributed by atoms with Crippen LogP contribution in [-0.4, -0.2) is 15.0 Å². The zero-order valence-electron chi connectivity index (χ0n) is 9.82. The number of H-pyrrole nitrogens is 1. The summed E-state index contributed by atoms with van der Waals surface area (Å²) in [5.74, 6) is 0.935. The molecule has 3 nitrogen and oxygen atoms in total. The van der Waals surface area contributed by atoms with Gasteiger partial charge in [-0.3, -0.25) is 0 Å². The van der Waals surface area contributed by atoms with Gasteiger partial charge in [-0.2, -0.15) is 0 Å². The summed E-state index contributed by atoms with van der Waals surface area (Å²) in [7, 11) is 0. The maximum Gasteiger partial charge on any atom is 0.178 e. The van der Waals surface area contributed by atoms with Gasteiger partial charge in [0.2, 0.25) is 0 Å². The lowest BCUT2D eigenvalue weighted by Crippen LogP contribution is -1.82. The highest BCUT2D eigenvalue weighted by molar-refractivity contribution is 7.13. The summed E-state index contributed by atoms with van der Waals surface area (Å²) in [6.45, 7) is 4.20. The van der Waals surface area contributed by atoms with Gasteiger partial charge in [0.05, 0.1) is 10.4 Å². The molecule has 3 aromatic rings. The topological polar surface area (TPSA) is 41.6 Å². The van der Waals surface area contributed by atoms with Gasteiger partial charge in [0.1, 0.15) is 0 Å². The van der Waals surface area contributed by atoms with Crippen molar-refractivity contribution in [1.82, 2.24) is 15.0 Å². The molecule has 0 atom stereocenters. The maximum absolute atomic E-state index is 4.55. The second-order valence-electron chi connectivity index (χ2n) is 4.10. The quantitative estimate of drug-likeness (QED) is 0.747. The molecule has 0 aromatic carbocycles. The van der Waals surface area contributed by atoms with Crippen molar-refractivity contribution < 1.29 is 0 Å². The molecule has 0 aliphatic carbocycles. The molecule has 3 aromatic heterocycles.